The van der Waals surface area contributed by atoms with Crippen molar-refractivity contribution in [3.05, 3.63) is 40.4 Å². The van der Waals surface area contributed by atoms with Crippen LogP contribution in [0.1, 0.15) is 5.56 Å². The number of rotatable bonds is 2. The van der Waals surface area contributed by atoms with Gasteiger partial charge < -0.3 is 10.3 Å². The number of H-pyrrole nitrogens is 1. The Morgan fingerprint density at radius 2 is 2.00 bits per heavy atom. The Morgan fingerprint density at radius 3 is 2.74 bits per heavy atom. The molecule has 0 fully saturated rings. The predicted octanol–water partition coefficient (Wildman–Crippen LogP) is 3.74. The number of nitrogens with one attached hydrogen (secondary N) is 2. The van der Waals surface area contributed by atoms with Crippen molar-refractivity contribution in [2.45, 2.75) is 6.92 Å². The highest BCUT2D eigenvalue weighted by Gasteiger charge is 2.08. The predicted molar refractivity (Wildman–Crippen MR) is 81.3 cm³/mol. The number of fused-ring (bicyclic) bond motifs is 1. The highest BCUT2D eigenvalue weighted by Crippen LogP contribution is 2.25. The molecule has 0 aliphatic heterocycles. The first kappa shape index (κ1) is 12.2. The van der Waals surface area contributed by atoms with E-state index in [-0.39, 0.29) is 0 Å². The summed E-state index contributed by atoms with van der Waals surface area (Å²) in [5.41, 5.74) is 3.90. The van der Waals surface area contributed by atoms with Gasteiger partial charge in [0.15, 0.2) is 5.65 Å². The maximum absolute atomic E-state index is 4.53. The van der Waals surface area contributed by atoms with Gasteiger partial charge in [-0.15, -0.1) is 0 Å². The lowest BCUT2D eigenvalue weighted by atomic mass is 10.1. The molecule has 2 aromatic heterocycles. The van der Waals surface area contributed by atoms with Gasteiger partial charge in [-0.25, -0.2) is 9.97 Å². The third kappa shape index (κ3) is 2.21. The van der Waals surface area contributed by atoms with Crippen LogP contribution in [0, 0.1) is 6.92 Å². The Morgan fingerprint density at radius 1 is 1.16 bits per heavy atom. The van der Waals surface area contributed by atoms with Gasteiger partial charge >= 0.3 is 0 Å². The standard InChI is InChI=1S/C14H13BrN4/c1-8-3-4-9(7-10(8)15)13-17-11-5-6-12(16-2)18-14(11)19-13/h3-7H,1-2H3,(H2,16,17,18,19). The van der Waals surface area contributed by atoms with Gasteiger partial charge in [-0.2, -0.15) is 0 Å². The first-order valence-electron chi connectivity index (χ1n) is 5.98. The largest absolute Gasteiger partial charge is 0.373 e. The van der Waals surface area contributed by atoms with E-state index in [1.165, 1.54) is 5.56 Å². The Kier molecular flexibility index (Phi) is 2.98. The molecule has 1 aromatic carbocycles. The van der Waals surface area contributed by atoms with Gasteiger partial charge in [-0.05, 0) is 30.7 Å². The molecule has 4 nitrogen and oxygen atoms in total. The van der Waals surface area contributed by atoms with Crippen LogP contribution in [0.25, 0.3) is 22.6 Å². The van der Waals surface area contributed by atoms with Crippen LogP contribution in [-0.2, 0) is 0 Å². The number of aryl methyl sites for hydroxylation is 1. The van der Waals surface area contributed by atoms with E-state index >= 15 is 0 Å². The highest BCUT2D eigenvalue weighted by molar-refractivity contribution is 9.10. The number of halogens is 1. The molecule has 0 aliphatic carbocycles. The van der Waals surface area contributed by atoms with Gasteiger partial charge in [0.25, 0.3) is 0 Å². The van der Waals surface area contributed by atoms with Gasteiger partial charge in [-0.3, -0.25) is 0 Å². The van der Waals surface area contributed by atoms with Crippen molar-refractivity contribution in [2.24, 2.45) is 0 Å². The SMILES string of the molecule is CNc1ccc2[nH]c(-c3ccc(C)c(Br)c3)nc2n1. The molecule has 0 unspecified atom stereocenters. The van der Waals surface area contributed by atoms with Crippen LogP contribution in [-0.4, -0.2) is 22.0 Å². The van der Waals surface area contributed by atoms with E-state index in [1.807, 2.05) is 19.2 Å². The first-order valence-corrected chi connectivity index (χ1v) is 6.78. The third-order valence-electron chi connectivity index (χ3n) is 3.05. The van der Waals surface area contributed by atoms with Crippen LogP contribution in [0.5, 0.6) is 0 Å². The summed E-state index contributed by atoms with van der Waals surface area (Å²) >= 11 is 3.54. The third-order valence-corrected chi connectivity index (χ3v) is 3.90. The lowest BCUT2D eigenvalue weighted by molar-refractivity contribution is 1.28. The van der Waals surface area contributed by atoms with Crippen LogP contribution in [0.15, 0.2) is 34.8 Å². The maximum Gasteiger partial charge on any atom is 0.180 e. The molecule has 5 heteroatoms. The van der Waals surface area contributed by atoms with E-state index in [2.05, 4.69) is 61.3 Å². The number of benzene rings is 1. The molecule has 2 N–H and O–H groups in total. The average Bonchev–Trinajstić information content (AvgIpc) is 2.84. The highest BCUT2D eigenvalue weighted by atomic mass is 79.9. The Hall–Kier alpha value is -1.88. The van der Waals surface area contributed by atoms with Crippen LogP contribution < -0.4 is 5.32 Å². The van der Waals surface area contributed by atoms with Gasteiger partial charge in [-0.1, -0.05) is 28.1 Å². The number of pyridine rings is 1. The molecule has 0 atom stereocenters. The monoisotopic (exact) mass is 316 g/mol. The van der Waals surface area contributed by atoms with E-state index < -0.39 is 0 Å². The lowest BCUT2D eigenvalue weighted by Crippen LogP contribution is -1.91. The van der Waals surface area contributed by atoms with E-state index in [0.29, 0.717) is 0 Å². The summed E-state index contributed by atoms with van der Waals surface area (Å²) in [5, 5.41) is 3.01. The first-order chi connectivity index (χ1) is 9.17. The number of anilines is 1. The van der Waals surface area contributed by atoms with Crippen molar-refractivity contribution < 1.29 is 0 Å². The molecule has 0 saturated heterocycles. The van der Waals surface area contributed by atoms with Gasteiger partial charge in [0, 0.05) is 17.1 Å². The van der Waals surface area contributed by atoms with Crippen molar-refractivity contribution >= 4 is 32.9 Å². The van der Waals surface area contributed by atoms with E-state index in [4.69, 9.17) is 0 Å². The average molecular weight is 317 g/mol. The van der Waals surface area contributed by atoms with Crippen LogP contribution in [0.4, 0.5) is 5.82 Å². The number of aromatic nitrogens is 3. The van der Waals surface area contributed by atoms with Crippen molar-refractivity contribution in [2.75, 3.05) is 12.4 Å². The zero-order valence-corrected chi connectivity index (χ0v) is 12.2. The molecule has 0 amide bonds. The summed E-state index contributed by atoms with van der Waals surface area (Å²) in [6.45, 7) is 2.06. The molecule has 0 saturated carbocycles. The molecule has 19 heavy (non-hydrogen) atoms. The van der Waals surface area contributed by atoms with Gasteiger partial charge in [0.2, 0.25) is 0 Å². The summed E-state index contributed by atoms with van der Waals surface area (Å²) in [7, 11) is 1.85. The molecule has 0 bridgehead atoms. The van der Waals surface area contributed by atoms with E-state index in [0.717, 1.165) is 32.8 Å². The van der Waals surface area contributed by atoms with Crippen molar-refractivity contribution in [3.8, 4) is 11.4 Å². The van der Waals surface area contributed by atoms with E-state index in [1.54, 1.807) is 0 Å². The molecule has 0 radical (unpaired) electrons. The van der Waals surface area contributed by atoms with E-state index in [9.17, 15) is 0 Å². The summed E-state index contributed by atoms with van der Waals surface area (Å²) in [5.74, 6) is 1.65. The smallest absolute Gasteiger partial charge is 0.180 e. The normalized spacial score (nSPS) is 10.9. The summed E-state index contributed by atoms with van der Waals surface area (Å²) in [6.07, 6.45) is 0. The van der Waals surface area contributed by atoms with Crippen molar-refractivity contribution in [1.29, 1.82) is 0 Å². The number of aromatic amines is 1. The van der Waals surface area contributed by atoms with Gasteiger partial charge in [0.1, 0.15) is 11.6 Å². The zero-order chi connectivity index (χ0) is 13.4. The lowest BCUT2D eigenvalue weighted by Gasteiger charge is -2.00. The molecular formula is C14H13BrN4. The second-order valence-corrected chi connectivity index (χ2v) is 5.22. The summed E-state index contributed by atoms with van der Waals surface area (Å²) < 4.78 is 1.08. The fourth-order valence-corrected chi connectivity index (χ4v) is 2.29. The Labute approximate surface area is 119 Å². The fourth-order valence-electron chi connectivity index (χ4n) is 1.91. The van der Waals surface area contributed by atoms with Crippen LogP contribution >= 0.6 is 15.9 Å². The molecule has 96 valence electrons. The topological polar surface area (TPSA) is 53.6 Å². The molecule has 3 rings (SSSR count). The van der Waals surface area contributed by atoms with Crippen molar-refractivity contribution in [1.82, 2.24) is 15.0 Å². The second-order valence-electron chi connectivity index (χ2n) is 4.37. The molecule has 2 heterocycles. The summed E-state index contributed by atoms with van der Waals surface area (Å²) in [4.78, 5) is 12.2. The minimum absolute atomic E-state index is 0.721. The Balaban J connectivity index is 2.11. The number of hydrogen-bond acceptors (Lipinski definition) is 3. The number of hydrogen-bond donors (Lipinski definition) is 2. The quantitative estimate of drug-likeness (QED) is 0.757. The second kappa shape index (κ2) is 4.66. The maximum atomic E-state index is 4.53. The minimum Gasteiger partial charge on any atom is -0.373 e. The number of imidazole rings is 1. The minimum atomic E-state index is 0.721. The Bertz CT molecular complexity index is 748. The van der Waals surface area contributed by atoms with Crippen molar-refractivity contribution in [3.63, 3.8) is 0 Å². The zero-order valence-electron chi connectivity index (χ0n) is 10.7. The van der Waals surface area contributed by atoms with Crippen LogP contribution in [0.2, 0.25) is 0 Å². The molecule has 0 spiro atoms. The molecule has 3 aromatic rings. The number of nitrogens with zero attached hydrogens (tertiary/aromatic N) is 2. The van der Waals surface area contributed by atoms with Gasteiger partial charge in [0.05, 0.1) is 5.52 Å². The summed E-state index contributed by atoms with van der Waals surface area (Å²) in [6, 6.07) is 10.1. The van der Waals surface area contributed by atoms with Crippen LogP contribution in [0.3, 0.4) is 0 Å². The molecule has 0 aliphatic rings. The molecular weight excluding hydrogens is 304 g/mol. The fraction of sp³-hybridized carbons (Fsp3) is 0.143.